The monoisotopic (exact) mass is 294 g/mol. The molecule has 1 heterocycles. The van der Waals surface area contributed by atoms with Gasteiger partial charge in [0.25, 0.3) is 0 Å². The van der Waals surface area contributed by atoms with E-state index in [2.05, 4.69) is 24.1 Å². The van der Waals surface area contributed by atoms with Crippen LogP contribution in [0.2, 0.25) is 0 Å². The van der Waals surface area contributed by atoms with Crippen LogP contribution in [-0.2, 0) is 6.54 Å². The van der Waals surface area contributed by atoms with Gasteiger partial charge in [-0.3, -0.25) is 0 Å². The van der Waals surface area contributed by atoms with E-state index in [0.717, 1.165) is 16.3 Å². The predicted molar refractivity (Wildman–Crippen MR) is 80.1 cm³/mol. The molecule has 1 aromatic heterocycles. The summed E-state index contributed by atoms with van der Waals surface area (Å²) in [5, 5.41) is 15.3. The van der Waals surface area contributed by atoms with Gasteiger partial charge in [-0.15, -0.1) is 11.3 Å². The normalized spacial score (nSPS) is 11.8. The van der Waals surface area contributed by atoms with E-state index in [0.29, 0.717) is 13.0 Å². The second kappa shape index (κ2) is 6.43. The van der Waals surface area contributed by atoms with Crippen LogP contribution in [0.25, 0.3) is 10.6 Å². The Morgan fingerprint density at radius 3 is 2.65 bits per heavy atom. The fraction of sp³-hybridized carbons (Fsp3) is 0.400. The van der Waals surface area contributed by atoms with Gasteiger partial charge in [0.15, 0.2) is 0 Å². The lowest BCUT2D eigenvalue weighted by molar-refractivity contribution is 0.229. The predicted octanol–water partition coefficient (Wildman–Crippen LogP) is 3.20. The first-order valence-electron chi connectivity index (χ1n) is 6.56. The van der Waals surface area contributed by atoms with Crippen LogP contribution in [0, 0.1) is 5.82 Å². The molecule has 0 fully saturated rings. The molecule has 0 spiro atoms. The van der Waals surface area contributed by atoms with Gasteiger partial charge in [0.2, 0.25) is 0 Å². The van der Waals surface area contributed by atoms with Crippen molar-refractivity contribution in [1.29, 1.82) is 0 Å². The smallest absolute Gasteiger partial charge is 0.123 e. The Bertz CT molecular complexity index is 551. The molecule has 0 bridgehead atoms. The van der Waals surface area contributed by atoms with Gasteiger partial charge in [0, 0.05) is 29.6 Å². The molecule has 0 atom stereocenters. The Morgan fingerprint density at radius 2 is 2.00 bits per heavy atom. The Labute approximate surface area is 122 Å². The standard InChI is InChI=1S/C15H19FN2OS/c1-15(2,7-8-19)17-9-13-10-20-14(18-13)11-3-5-12(16)6-4-11/h3-6,10,17,19H,7-9H2,1-2H3. The highest BCUT2D eigenvalue weighted by Gasteiger charge is 2.16. The second-order valence-corrected chi connectivity index (χ2v) is 6.22. The first kappa shape index (κ1) is 15.1. The minimum Gasteiger partial charge on any atom is -0.396 e. The lowest BCUT2D eigenvalue weighted by Gasteiger charge is -2.24. The van der Waals surface area contributed by atoms with Gasteiger partial charge in [-0.2, -0.15) is 0 Å². The van der Waals surface area contributed by atoms with E-state index in [-0.39, 0.29) is 18.0 Å². The molecule has 0 radical (unpaired) electrons. The number of nitrogens with one attached hydrogen (secondary N) is 1. The summed E-state index contributed by atoms with van der Waals surface area (Å²) < 4.78 is 12.9. The average molecular weight is 294 g/mol. The highest BCUT2D eigenvalue weighted by Crippen LogP contribution is 2.24. The minimum absolute atomic E-state index is 0.117. The Kier molecular flexibility index (Phi) is 4.86. The lowest BCUT2D eigenvalue weighted by Crippen LogP contribution is -2.39. The summed E-state index contributed by atoms with van der Waals surface area (Å²) in [4.78, 5) is 4.54. The zero-order valence-corrected chi connectivity index (χ0v) is 12.5. The zero-order chi connectivity index (χ0) is 14.6. The molecule has 2 N–H and O–H groups in total. The van der Waals surface area contributed by atoms with E-state index in [1.807, 2.05) is 5.38 Å². The summed E-state index contributed by atoms with van der Waals surface area (Å²) >= 11 is 1.55. The highest BCUT2D eigenvalue weighted by molar-refractivity contribution is 7.13. The van der Waals surface area contributed by atoms with Crippen molar-refractivity contribution in [2.45, 2.75) is 32.4 Å². The number of hydrogen-bond donors (Lipinski definition) is 2. The molecule has 0 saturated carbocycles. The molecule has 0 saturated heterocycles. The van der Waals surface area contributed by atoms with Crippen LogP contribution in [0.3, 0.4) is 0 Å². The van der Waals surface area contributed by atoms with Gasteiger partial charge < -0.3 is 10.4 Å². The van der Waals surface area contributed by atoms with Crippen molar-refractivity contribution in [3.63, 3.8) is 0 Å². The second-order valence-electron chi connectivity index (χ2n) is 5.36. The van der Waals surface area contributed by atoms with Crippen molar-refractivity contribution < 1.29 is 9.50 Å². The van der Waals surface area contributed by atoms with Gasteiger partial charge >= 0.3 is 0 Å². The molecule has 2 rings (SSSR count). The molecular formula is C15H19FN2OS. The van der Waals surface area contributed by atoms with Crippen molar-refractivity contribution in [2.75, 3.05) is 6.61 Å². The first-order valence-corrected chi connectivity index (χ1v) is 7.44. The average Bonchev–Trinajstić information content (AvgIpc) is 2.86. The van der Waals surface area contributed by atoms with E-state index in [1.165, 1.54) is 12.1 Å². The molecule has 0 unspecified atom stereocenters. The Balaban J connectivity index is 2.00. The maximum Gasteiger partial charge on any atom is 0.123 e. The van der Waals surface area contributed by atoms with E-state index < -0.39 is 0 Å². The summed E-state index contributed by atoms with van der Waals surface area (Å²) in [5.74, 6) is -0.238. The van der Waals surface area contributed by atoms with Crippen LogP contribution in [-0.4, -0.2) is 22.2 Å². The van der Waals surface area contributed by atoms with Crippen LogP contribution in [0.15, 0.2) is 29.6 Å². The van der Waals surface area contributed by atoms with Crippen molar-refractivity contribution in [3.8, 4) is 10.6 Å². The van der Waals surface area contributed by atoms with Gasteiger partial charge in [-0.25, -0.2) is 9.37 Å². The lowest BCUT2D eigenvalue weighted by atomic mass is 10.0. The largest absolute Gasteiger partial charge is 0.396 e. The molecule has 1 aromatic carbocycles. The number of halogens is 1. The fourth-order valence-electron chi connectivity index (χ4n) is 1.81. The number of nitrogens with zero attached hydrogens (tertiary/aromatic N) is 1. The number of aliphatic hydroxyl groups is 1. The van der Waals surface area contributed by atoms with Crippen LogP contribution in [0.1, 0.15) is 26.0 Å². The number of benzene rings is 1. The molecule has 0 aliphatic carbocycles. The number of rotatable bonds is 6. The molecule has 2 aromatic rings. The third-order valence-corrected chi connectivity index (χ3v) is 4.07. The van der Waals surface area contributed by atoms with E-state index >= 15 is 0 Å². The van der Waals surface area contributed by atoms with E-state index in [9.17, 15) is 4.39 Å². The first-order chi connectivity index (χ1) is 9.50. The van der Waals surface area contributed by atoms with Crippen molar-refractivity contribution in [2.24, 2.45) is 0 Å². The summed E-state index contributed by atoms with van der Waals surface area (Å²) in [6.07, 6.45) is 0.696. The molecular weight excluding hydrogens is 275 g/mol. The Morgan fingerprint density at radius 1 is 1.30 bits per heavy atom. The summed E-state index contributed by atoms with van der Waals surface area (Å²) in [6.45, 7) is 4.93. The minimum atomic E-state index is -0.238. The molecule has 108 valence electrons. The number of thiazole rings is 1. The van der Waals surface area contributed by atoms with Crippen LogP contribution in [0.4, 0.5) is 4.39 Å². The Hall–Kier alpha value is -1.30. The quantitative estimate of drug-likeness (QED) is 0.860. The number of hydrogen-bond acceptors (Lipinski definition) is 4. The van der Waals surface area contributed by atoms with E-state index in [4.69, 9.17) is 5.11 Å². The summed E-state index contributed by atoms with van der Waals surface area (Å²) in [7, 11) is 0. The van der Waals surface area contributed by atoms with Crippen molar-refractivity contribution in [1.82, 2.24) is 10.3 Å². The SMILES string of the molecule is CC(C)(CCO)NCc1csc(-c2ccc(F)cc2)n1. The molecule has 0 amide bonds. The number of aromatic nitrogens is 1. The summed E-state index contributed by atoms with van der Waals surface area (Å²) in [5.41, 5.74) is 1.77. The molecule has 0 aliphatic heterocycles. The molecule has 3 nitrogen and oxygen atoms in total. The summed E-state index contributed by atoms with van der Waals surface area (Å²) in [6, 6.07) is 6.36. The fourth-order valence-corrected chi connectivity index (χ4v) is 2.64. The van der Waals surface area contributed by atoms with Gasteiger partial charge in [0.05, 0.1) is 5.69 Å². The zero-order valence-electron chi connectivity index (χ0n) is 11.7. The van der Waals surface area contributed by atoms with Crippen molar-refractivity contribution >= 4 is 11.3 Å². The topological polar surface area (TPSA) is 45.1 Å². The maximum absolute atomic E-state index is 12.9. The third kappa shape index (κ3) is 4.10. The van der Waals surface area contributed by atoms with E-state index in [1.54, 1.807) is 23.5 Å². The van der Waals surface area contributed by atoms with Gasteiger partial charge in [-0.05, 0) is 44.5 Å². The molecule has 0 aliphatic rings. The maximum atomic E-state index is 12.9. The van der Waals surface area contributed by atoms with Crippen LogP contribution >= 0.6 is 11.3 Å². The van der Waals surface area contributed by atoms with Gasteiger partial charge in [-0.1, -0.05) is 0 Å². The molecule has 5 heteroatoms. The van der Waals surface area contributed by atoms with Crippen LogP contribution in [0.5, 0.6) is 0 Å². The van der Waals surface area contributed by atoms with Gasteiger partial charge in [0.1, 0.15) is 10.8 Å². The third-order valence-electron chi connectivity index (χ3n) is 3.13. The van der Waals surface area contributed by atoms with Crippen LogP contribution < -0.4 is 5.32 Å². The van der Waals surface area contributed by atoms with Crippen molar-refractivity contribution in [3.05, 3.63) is 41.2 Å². The highest BCUT2D eigenvalue weighted by atomic mass is 32.1. The molecule has 20 heavy (non-hydrogen) atoms. The number of aliphatic hydroxyl groups excluding tert-OH is 1.